The molecule has 21 heavy (non-hydrogen) atoms. The molecule has 2 aromatic rings. The zero-order valence-electron chi connectivity index (χ0n) is 13.3. The van der Waals surface area contributed by atoms with Gasteiger partial charge in [-0.05, 0) is 49.1 Å². The van der Waals surface area contributed by atoms with Gasteiger partial charge in [-0.2, -0.15) is 0 Å². The zero-order chi connectivity index (χ0) is 15.4. The first kappa shape index (κ1) is 15.3. The van der Waals surface area contributed by atoms with Gasteiger partial charge in [0.15, 0.2) is 0 Å². The van der Waals surface area contributed by atoms with Crippen molar-refractivity contribution >= 4 is 11.6 Å². The van der Waals surface area contributed by atoms with E-state index in [1.807, 2.05) is 4.90 Å². The van der Waals surface area contributed by atoms with Crippen LogP contribution < -0.4 is 4.90 Å². The number of hydrogen-bond acceptors (Lipinski definition) is 1. The van der Waals surface area contributed by atoms with Gasteiger partial charge in [-0.15, -0.1) is 0 Å². The van der Waals surface area contributed by atoms with E-state index in [0.717, 1.165) is 24.2 Å². The van der Waals surface area contributed by atoms with Crippen LogP contribution in [-0.4, -0.2) is 12.5 Å². The predicted octanol–water partition coefficient (Wildman–Crippen LogP) is 4.73. The van der Waals surface area contributed by atoms with E-state index in [1.54, 1.807) is 6.92 Å². The molecule has 0 atom stereocenters. The van der Waals surface area contributed by atoms with Gasteiger partial charge >= 0.3 is 0 Å². The van der Waals surface area contributed by atoms with Gasteiger partial charge < -0.3 is 4.90 Å². The Morgan fingerprint density at radius 2 is 1.62 bits per heavy atom. The smallest absolute Gasteiger partial charge is 0.223 e. The average Bonchev–Trinajstić information content (AvgIpc) is 2.46. The van der Waals surface area contributed by atoms with Gasteiger partial charge in [0.05, 0.1) is 0 Å². The molecule has 0 bridgehead atoms. The highest BCUT2D eigenvalue weighted by molar-refractivity contribution is 5.92. The Kier molecular flexibility index (Phi) is 4.79. The second-order valence-electron chi connectivity index (χ2n) is 5.54. The standard InChI is InChI=1S/C19H23NO/c1-5-12-20(16(4)21)19-11-10-18(13-15(19)3)17-8-6-14(2)7-9-17/h6-11,13H,5,12H2,1-4H3. The molecule has 0 heterocycles. The molecule has 2 rings (SSSR count). The molecule has 1 amide bonds. The fourth-order valence-electron chi connectivity index (χ4n) is 2.56. The Balaban J connectivity index is 2.36. The van der Waals surface area contributed by atoms with E-state index < -0.39 is 0 Å². The maximum absolute atomic E-state index is 11.8. The number of rotatable bonds is 4. The third kappa shape index (κ3) is 3.52. The van der Waals surface area contributed by atoms with E-state index in [0.29, 0.717) is 0 Å². The third-order valence-electron chi connectivity index (χ3n) is 3.70. The Bertz CT molecular complexity index is 629. The lowest BCUT2D eigenvalue weighted by atomic mass is 10.0. The van der Waals surface area contributed by atoms with Crippen molar-refractivity contribution < 1.29 is 4.79 Å². The first-order valence-electron chi connectivity index (χ1n) is 7.48. The maximum atomic E-state index is 11.8. The molecule has 0 unspecified atom stereocenters. The minimum Gasteiger partial charge on any atom is -0.312 e. The molecule has 0 aliphatic heterocycles. The van der Waals surface area contributed by atoms with Crippen LogP contribution in [0.5, 0.6) is 0 Å². The van der Waals surface area contributed by atoms with E-state index in [9.17, 15) is 4.79 Å². The van der Waals surface area contributed by atoms with Gasteiger partial charge in [-0.3, -0.25) is 4.79 Å². The largest absolute Gasteiger partial charge is 0.312 e. The second kappa shape index (κ2) is 6.57. The number of amides is 1. The van der Waals surface area contributed by atoms with Gasteiger partial charge in [0, 0.05) is 19.2 Å². The molecule has 0 spiro atoms. The number of carbonyl (C=O) groups is 1. The van der Waals surface area contributed by atoms with Crippen LogP contribution in [0.25, 0.3) is 11.1 Å². The molecular formula is C19H23NO. The number of carbonyl (C=O) groups excluding carboxylic acids is 1. The summed E-state index contributed by atoms with van der Waals surface area (Å²) >= 11 is 0. The molecule has 0 fully saturated rings. The summed E-state index contributed by atoms with van der Waals surface area (Å²) in [6.07, 6.45) is 0.957. The van der Waals surface area contributed by atoms with Crippen LogP contribution in [-0.2, 0) is 4.79 Å². The van der Waals surface area contributed by atoms with Gasteiger partial charge in [0.2, 0.25) is 5.91 Å². The van der Waals surface area contributed by atoms with Crippen molar-refractivity contribution in [1.29, 1.82) is 0 Å². The lowest BCUT2D eigenvalue weighted by molar-refractivity contribution is -0.116. The molecule has 0 saturated heterocycles. The maximum Gasteiger partial charge on any atom is 0.223 e. The van der Waals surface area contributed by atoms with Crippen molar-refractivity contribution in [3.05, 3.63) is 53.6 Å². The minimum atomic E-state index is 0.100. The lowest BCUT2D eigenvalue weighted by Crippen LogP contribution is -2.29. The summed E-state index contributed by atoms with van der Waals surface area (Å²) in [7, 11) is 0. The third-order valence-corrected chi connectivity index (χ3v) is 3.70. The molecular weight excluding hydrogens is 258 g/mol. The second-order valence-corrected chi connectivity index (χ2v) is 5.54. The van der Waals surface area contributed by atoms with E-state index >= 15 is 0 Å². The van der Waals surface area contributed by atoms with E-state index in [4.69, 9.17) is 0 Å². The minimum absolute atomic E-state index is 0.100. The molecule has 0 aliphatic carbocycles. The summed E-state index contributed by atoms with van der Waals surface area (Å²) in [5, 5.41) is 0. The van der Waals surface area contributed by atoms with Gasteiger partial charge in [-0.1, -0.05) is 42.8 Å². The summed E-state index contributed by atoms with van der Waals surface area (Å²) in [5.41, 5.74) is 5.81. The van der Waals surface area contributed by atoms with Crippen LogP contribution in [0.2, 0.25) is 0 Å². The van der Waals surface area contributed by atoms with Crippen LogP contribution in [0.15, 0.2) is 42.5 Å². The monoisotopic (exact) mass is 281 g/mol. The molecule has 0 saturated carbocycles. The summed E-state index contributed by atoms with van der Waals surface area (Å²) in [6.45, 7) is 8.64. The summed E-state index contributed by atoms with van der Waals surface area (Å²) < 4.78 is 0. The highest BCUT2D eigenvalue weighted by atomic mass is 16.2. The summed E-state index contributed by atoms with van der Waals surface area (Å²) in [4.78, 5) is 13.7. The Morgan fingerprint density at radius 3 is 2.14 bits per heavy atom. The SMILES string of the molecule is CCCN(C(C)=O)c1ccc(-c2ccc(C)cc2)cc1C. The first-order chi connectivity index (χ1) is 10.0. The van der Waals surface area contributed by atoms with Gasteiger partial charge in [0.25, 0.3) is 0 Å². The zero-order valence-corrected chi connectivity index (χ0v) is 13.3. The van der Waals surface area contributed by atoms with E-state index in [-0.39, 0.29) is 5.91 Å². The van der Waals surface area contributed by atoms with Crippen LogP contribution in [0, 0.1) is 13.8 Å². The number of hydrogen-bond donors (Lipinski definition) is 0. The normalized spacial score (nSPS) is 10.5. The fourth-order valence-corrected chi connectivity index (χ4v) is 2.56. The molecule has 110 valence electrons. The molecule has 0 aromatic heterocycles. The van der Waals surface area contributed by atoms with Gasteiger partial charge in [0.1, 0.15) is 0 Å². The van der Waals surface area contributed by atoms with Crippen molar-refractivity contribution in [2.75, 3.05) is 11.4 Å². The number of benzene rings is 2. The summed E-state index contributed by atoms with van der Waals surface area (Å²) in [6, 6.07) is 14.8. The Morgan fingerprint density at radius 1 is 1.00 bits per heavy atom. The van der Waals surface area contributed by atoms with Crippen molar-refractivity contribution in [3.63, 3.8) is 0 Å². The van der Waals surface area contributed by atoms with Gasteiger partial charge in [-0.25, -0.2) is 0 Å². The lowest BCUT2D eigenvalue weighted by Gasteiger charge is -2.23. The van der Waals surface area contributed by atoms with Crippen molar-refractivity contribution in [1.82, 2.24) is 0 Å². The van der Waals surface area contributed by atoms with Crippen molar-refractivity contribution in [3.8, 4) is 11.1 Å². The molecule has 2 nitrogen and oxygen atoms in total. The molecule has 2 heteroatoms. The topological polar surface area (TPSA) is 20.3 Å². The van der Waals surface area contributed by atoms with Crippen LogP contribution in [0.4, 0.5) is 5.69 Å². The Labute approximate surface area is 127 Å². The van der Waals surface area contributed by atoms with E-state index in [2.05, 4.69) is 63.2 Å². The highest BCUT2D eigenvalue weighted by Crippen LogP contribution is 2.27. The van der Waals surface area contributed by atoms with Crippen molar-refractivity contribution in [2.24, 2.45) is 0 Å². The highest BCUT2D eigenvalue weighted by Gasteiger charge is 2.13. The molecule has 0 aliphatic rings. The molecule has 2 aromatic carbocycles. The van der Waals surface area contributed by atoms with Crippen LogP contribution in [0.1, 0.15) is 31.4 Å². The average molecular weight is 281 g/mol. The molecule has 0 radical (unpaired) electrons. The van der Waals surface area contributed by atoms with E-state index in [1.165, 1.54) is 16.7 Å². The van der Waals surface area contributed by atoms with Crippen LogP contribution in [0.3, 0.4) is 0 Å². The number of nitrogens with zero attached hydrogens (tertiary/aromatic N) is 1. The van der Waals surface area contributed by atoms with Crippen molar-refractivity contribution in [2.45, 2.75) is 34.1 Å². The fraction of sp³-hybridized carbons (Fsp3) is 0.316. The summed E-state index contributed by atoms with van der Waals surface area (Å²) in [5.74, 6) is 0.100. The quantitative estimate of drug-likeness (QED) is 0.793. The number of anilines is 1. The van der Waals surface area contributed by atoms with Crippen LogP contribution >= 0.6 is 0 Å². The predicted molar refractivity (Wildman–Crippen MR) is 89.7 cm³/mol. The molecule has 0 N–H and O–H groups in total. The first-order valence-corrected chi connectivity index (χ1v) is 7.48. The number of aryl methyl sites for hydroxylation is 2. The Hall–Kier alpha value is -2.09.